The molecule has 2 rings (SSSR count). The molecule has 0 bridgehead atoms. The van der Waals surface area contributed by atoms with Crippen LogP contribution in [0.25, 0.3) is 0 Å². The molecule has 1 saturated heterocycles. The molecule has 1 aromatic carbocycles. The molecule has 4 nitrogen and oxygen atoms in total. The van der Waals surface area contributed by atoms with Crippen molar-refractivity contribution in [2.45, 2.75) is 32.6 Å². The summed E-state index contributed by atoms with van der Waals surface area (Å²) in [6.45, 7) is 4.90. The van der Waals surface area contributed by atoms with E-state index in [-0.39, 0.29) is 12.6 Å². The fraction of sp³-hybridized carbons (Fsp3) is 0.526. The Morgan fingerprint density at radius 1 is 1.43 bits per heavy atom. The van der Waals surface area contributed by atoms with Crippen molar-refractivity contribution in [3.63, 3.8) is 0 Å². The topological polar surface area (TPSA) is 41.6 Å². The van der Waals surface area contributed by atoms with Gasteiger partial charge in [-0.2, -0.15) is 0 Å². The van der Waals surface area contributed by atoms with Crippen LogP contribution in [0.3, 0.4) is 0 Å². The van der Waals surface area contributed by atoms with Gasteiger partial charge in [0.15, 0.2) is 0 Å². The number of rotatable bonds is 6. The molecule has 1 aliphatic heterocycles. The Morgan fingerprint density at radius 3 is 2.91 bits per heavy atom. The molecule has 1 aliphatic rings. The molecule has 1 aromatic rings. The number of terminal acetylenes is 1. The Morgan fingerprint density at radius 2 is 2.22 bits per heavy atom. The Hall–Kier alpha value is -2.15. The highest BCUT2D eigenvalue weighted by molar-refractivity contribution is 5.74. The van der Waals surface area contributed by atoms with E-state index in [1.165, 1.54) is 12.0 Å². The average molecular weight is 314 g/mol. The van der Waals surface area contributed by atoms with E-state index in [0.29, 0.717) is 12.5 Å². The maximum absolute atomic E-state index is 12.2. The Labute approximate surface area is 139 Å². The second-order valence-corrected chi connectivity index (χ2v) is 5.98. The van der Waals surface area contributed by atoms with Crippen molar-refractivity contribution in [2.75, 3.05) is 26.2 Å². The van der Waals surface area contributed by atoms with Gasteiger partial charge in [0, 0.05) is 19.6 Å². The molecular formula is C19H26N2O2. The minimum absolute atomic E-state index is 0.0668. The van der Waals surface area contributed by atoms with E-state index in [1.54, 1.807) is 0 Å². The number of amides is 2. The van der Waals surface area contributed by atoms with Gasteiger partial charge in [0.2, 0.25) is 0 Å². The highest BCUT2D eigenvalue weighted by Crippen LogP contribution is 2.19. The zero-order chi connectivity index (χ0) is 16.5. The molecule has 0 saturated carbocycles. The number of ether oxygens (including phenoxy) is 1. The van der Waals surface area contributed by atoms with Gasteiger partial charge in [-0.05, 0) is 42.9 Å². The third kappa shape index (κ3) is 5.52. The number of urea groups is 1. The lowest BCUT2D eigenvalue weighted by Gasteiger charge is -2.32. The van der Waals surface area contributed by atoms with Crippen LogP contribution in [-0.4, -0.2) is 37.2 Å². The number of hydrogen-bond acceptors (Lipinski definition) is 2. The van der Waals surface area contributed by atoms with Crippen molar-refractivity contribution in [1.82, 2.24) is 10.2 Å². The number of carbonyl (C=O) groups is 1. The molecule has 1 heterocycles. The molecule has 0 spiro atoms. The summed E-state index contributed by atoms with van der Waals surface area (Å²) in [6, 6.07) is 7.89. The van der Waals surface area contributed by atoms with Crippen LogP contribution < -0.4 is 10.1 Å². The summed E-state index contributed by atoms with van der Waals surface area (Å²) in [6.07, 6.45) is 9.48. The fourth-order valence-electron chi connectivity index (χ4n) is 2.89. The van der Waals surface area contributed by atoms with Gasteiger partial charge in [0.05, 0.1) is 0 Å². The zero-order valence-electron chi connectivity index (χ0n) is 13.9. The highest BCUT2D eigenvalue weighted by Gasteiger charge is 2.21. The van der Waals surface area contributed by atoms with Crippen molar-refractivity contribution in [3.05, 3.63) is 29.8 Å². The number of carbonyl (C=O) groups excluding carboxylic acids is 1. The summed E-state index contributed by atoms with van der Waals surface area (Å²) >= 11 is 0. The van der Waals surface area contributed by atoms with E-state index in [0.717, 1.165) is 38.1 Å². The number of likely N-dealkylation sites (tertiary alicyclic amines) is 1. The Balaban J connectivity index is 1.72. The lowest BCUT2D eigenvalue weighted by molar-refractivity contribution is 0.164. The molecule has 1 atom stereocenters. The van der Waals surface area contributed by atoms with Crippen molar-refractivity contribution in [2.24, 2.45) is 5.92 Å². The fourth-order valence-corrected chi connectivity index (χ4v) is 2.89. The molecule has 0 radical (unpaired) electrons. The predicted octanol–water partition coefficient (Wildman–Crippen LogP) is 3.07. The number of benzene rings is 1. The van der Waals surface area contributed by atoms with Crippen LogP contribution in [0.2, 0.25) is 0 Å². The van der Waals surface area contributed by atoms with Crippen LogP contribution in [0.5, 0.6) is 5.75 Å². The van der Waals surface area contributed by atoms with Gasteiger partial charge in [0.1, 0.15) is 12.4 Å². The summed E-state index contributed by atoms with van der Waals surface area (Å²) in [4.78, 5) is 14.2. The van der Waals surface area contributed by atoms with Gasteiger partial charge in [-0.3, -0.25) is 0 Å². The molecule has 1 N–H and O–H groups in total. The molecular weight excluding hydrogens is 288 g/mol. The van der Waals surface area contributed by atoms with Crippen LogP contribution in [0.1, 0.15) is 31.7 Å². The first-order valence-electron chi connectivity index (χ1n) is 8.41. The molecule has 2 amide bonds. The van der Waals surface area contributed by atoms with Crippen LogP contribution >= 0.6 is 0 Å². The smallest absolute Gasteiger partial charge is 0.317 e. The Kier molecular flexibility index (Phi) is 6.80. The molecule has 1 fully saturated rings. The maximum atomic E-state index is 12.2. The Bertz CT molecular complexity index is 533. The minimum atomic E-state index is 0.0668. The van der Waals surface area contributed by atoms with E-state index in [1.807, 2.05) is 29.2 Å². The number of nitrogens with zero attached hydrogens (tertiary/aromatic N) is 1. The van der Waals surface area contributed by atoms with Gasteiger partial charge in [-0.15, -0.1) is 6.42 Å². The van der Waals surface area contributed by atoms with E-state index < -0.39 is 0 Å². The lowest BCUT2D eigenvalue weighted by Crippen LogP contribution is -2.45. The maximum Gasteiger partial charge on any atom is 0.317 e. The number of hydrogen-bond donors (Lipinski definition) is 1. The van der Waals surface area contributed by atoms with Gasteiger partial charge >= 0.3 is 6.03 Å². The molecule has 23 heavy (non-hydrogen) atoms. The lowest BCUT2D eigenvalue weighted by atomic mass is 9.96. The summed E-state index contributed by atoms with van der Waals surface area (Å²) in [5.41, 5.74) is 1.17. The first-order valence-corrected chi connectivity index (χ1v) is 8.41. The van der Waals surface area contributed by atoms with Crippen molar-refractivity contribution in [1.29, 1.82) is 0 Å². The van der Waals surface area contributed by atoms with Crippen LogP contribution in [0.15, 0.2) is 24.3 Å². The van der Waals surface area contributed by atoms with Crippen molar-refractivity contribution < 1.29 is 9.53 Å². The summed E-state index contributed by atoms with van der Waals surface area (Å²) in [5, 5.41) is 3.02. The molecule has 0 aromatic heterocycles. The van der Waals surface area contributed by atoms with Gasteiger partial charge in [-0.1, -0.05) is 31.4 Å². The second kappa shape index (κ2) is 9.09. The van der Waals surface area contributed by atoms with Gasteiger partial charge < -0.3 is 15.0 Å². The van der Waals surface area contributed by atoms with E-state index in [2.05, 4.69) is 18.2 Å². The quantitative estimate of drug-likeness (QED) is 0.820. The van der Waals surface area contributed by atoms with Gasteiger partial charge in [0.25, 0.3) is 0 Å². The van der Waals surface area contributed by atoms with E-state index >= 15 is 0 Å². The van der Waals surface area contributed by atoms with Gasteiger partial charge in [-0.25, -0.2) is 4.79 Å². The van der Waals surface area contributed by atoms with Crippen LogP contribution in [-0.2, 0) is 6.42 Å². The van der Waals surface area contributed by atoms with Crippen molar-refractivity contribution >= 4 is 6.03 Å². The normalized spacial score (nSPS) is 17.4. The van der Waals surface area contributed by atoms with E-state index in [4.69, 9.17) is 11.2 Å². The number of piperidine rings is 1. The molecule has 4 heteroatoms. The summed E-state index contributed by atoms with van der Waals surface area (Å²) < 4.78 is 5.34. The highest BCUT2D eigenvalue weighted by atomic mass is 16.5. The standard InChI is InChI=1S/C19H26N2O2/c1-3-14-23-18-9-7-17(8-10-18)11-12-20-19(22)21-13-5-6-16(4-2)15-21/h1,7-10,16H,4-6,11-15H2,2H3,(H,20,22). The van der Waals surface area contributed by atoms with E-state index in [9.17, 15) is 4.79 Å². The van der Waals surface area contributed by atoms with Crippen molar-refractivity contribution in [3.8, 4) is 18.1 Å². The first kappa shape index (κ1) is 17.2. The first-order chi connectivity index (χ1) is 11.2. The summed E-state index contributed by atoms with van der Waals surface area (Å²) in [5.74, 6) is 3.87. The minimum Gasteiger partial charge on any atom is -0.481 e. The third-order valence-electron chi connectivity index (χ3n) is 4.32. The number of nitrogens with one attached hydrogen (secondary N) is 1. The third-order valence-corrected chi connectivity index (χ3v) is 4.32. The van der Waals surface area contributed by atoms with Crippen LogP contribution in [0.4, 0.5) is 4.79 Å². The molecule has 1 unspecified atom stereocenters. The average Bonchev–Trinajstić information content (AvgIpc) is 2.61. The summed E-state index contributed by atoms with van der Waals surface area (Å²) in [7, 11) is 0. The predicted molar refractivity (Wildman–Crippen MR) is 92.5 cm³/mol. The SMILES string of the molecule is C#CCOc1ccc(CCNC(=O)N2CCCC(CC)C2)cc1. The van der Waals surface area contributed by atoms with Crippen LogP contribution in [0, 0.1) is 18.3 Å². The second-order valence-electron chi connectivity index (χ2n) is 5.98. The monoisotopic (exact) mass is 314 g/mol. The molecule has 124 valence electrons. The largest absolute Gasteiger partial charge is 0.481 e. The molecule has 0 aliphatic carbocycles. The zero-order valence-corrected chi connectivity index (χ0v) is 13.9.